The van der Waals surface area contributed by atoms with Gasteiger partial charge in [-0.05, 0) is 6.92 Å². The standard InChI is InChI=1S/C11H16N2O/c1-4-5-13-7-9(2)11(14,8-12)6-10(13)3/h1,9-10,14H,5-7H2,2-3H3/t9-,10+,11+/m0/s1. The number of hydrogen-bond donors (Lipinski definition) is 1. The van der Waals surface area contributed by atoms with E-state index in [2.05, 4.69) is 10.8 Å². The average Bonchev–Trinajstić information content (AvgIpc) is 2.15. The highest BCUT2D eigenvalue weighted by atomic mass is 16.3. The summed E-state index contributed by atoms with van der Waals surface area (Å²) in [6, 6.07) is 2.17. The first kappa shape index (κ1) is 11.0. The molecule has 76 valence electrons. The Kier molecular flexibility index (Phi) is 3.16. The summed E-state index contributed by atoms with van der Waals surface area (Å²) < 4.78 is 0. The van der Waals surface area contributed by atoms with Crippen molar-refractivity contribution in [2.24, 2.45) is 5.92 Å². The lowest BCUT2D eigenvalue weighted by Gasteiger charge is -2.42. The summed E-state index contributed by atoms with van der Waals surface area (Å²) in [6.45, 7) is 5.16. The molecule has 0 aliphatic carbocycles. The third-order valence-electron chi connectivity index (χ3n) is 3.04. The second kappa shape index (κ2) is 4.00. The van der Waals surface area contributed by atoms with Crippen molar-refractivity contribution in [2.45, 2.75) is 31.9 Å². The Morgan fingerprint density at radius 1 is 1.64 bits per heavy atom. The first-order valence-electron chi connectivity index (χ1n) is 4.84. The number of nitrogens with zero attached hydrogens (tertiary/aromatic N) is 2. The Balaban J connectivity index is 2.74. The molecule has 0 radical (unpaired) electrons. The van der Waals surface area contributed by atoms with Crippen LogP contribution in [0.3, 0.4) is 0 Å². The van der Waals surface area contributed by atoms with Crippen molar-refractivity contribution < 1.29 is 5.11 Å². The molecule has 0 bridgehead atoms. The lowest BCUT2D eigenvalue weighted by molar-refractivity contribution is -0.0402. The van der Waals surface area contributed by atoms with Crippen molar-refractivity contribution >= 4 is 0 Å². The van der Waals surface area contributed by atoms with Crippen LogP contribution in [-0.2, 0) is 0 Å². The van der Waals surface area contributed by atoms with Gasteiger partial charge in [-0.1, -0.05) is 12.8 Å². The van der Waals surface area contributed by atoms with Gasteiger partial charge in [0.2, 0.25) is 0 Å². The van der Waals surface area contributed by atoms with Gasteiger partial charge in [-0.2, -0.15) is 5.26 Å². The lowest BCUT2D eigenvalue weighted by Crippen LogP contribution is -2.54. The molecule has 0 aromatic carbocycles. The van der Waals surface area contributed by atoms with Crippen LogP contribution >= 0.6 is 0 Å². The molecule has 1 aliphatic rings. The lowest BCUT2D eigenvalue weighted by atomic mass is 9.80. The fourth-order valence-electron chi connectivity index (χ4n) is 1.96. The van der Waals surface area contributed by atoms with Crippen LogP contribution in [0.5, 0.6) is 0 Å². The Morgan fingerprint density at radius 3 is 2.79 bits per heavy atom. The Morgan fingerprint density at radius 2 is 2.29 bits per heavy atom. The number of rotatable bonds is 1. The van der Waals surface area contributed by atoms with E-state index < -0.39 is 5.60 Å². The first-order valence-corrected chi connectivity index (χ1v) is 4.84. The maximum atomic E-state index is 9.97. The molecule has 1 fully saturated rings. The molecule has 1 saturated heterocycles. The quantitative estimate of drug-likeness (QED) is 0.489. The Bertz CT molecular complexity index is 289. The molecule has 0 aromatic rings. The highest BCUT2D eigenvalue weighted by Crippen LogP contribution is 2.30. The van der Waals surface area contributed by atoms with Crippen LogP contribution in [0.15, 0.2) is 0 Å². The molecule has 1 rings (SSSR count). The van der Waals surface area contributed by atoms with E-state index in [-0.39, 0.29) is 12.0 Å². The van der Waals surface area contributed by atoms with Gasteiger partial charge >= 0.3 is 0 Å². The Labute approximate surface area is 85.3 Å². The van der Waals surface area contributed by atoms with Crippen LogP contribution in [-0.4, -0.2) is 34.7 Å². The van der Waals surface area contributed by atoms with Crippen molar-refractivity contribution in [1.82, 2.24) is 4.90 Å². The van der Waals surface area contributed by atoms with Gasteiger partial charge in [0.25, 0.3) is 0 Å². The van der Waals surface area contributed by atoms with E-state index in [1.807, 2.05) is 19.9 Å². The molecular weight excluding hydrogens is 176 g/mol. The summed E-state index contributed by atoms with van der Waals surface area (Å²) in [5, 5.41) is 18.9. The van der Waals surface area contributed by atoms with Crippen molar-refractivity contribution in [3.05, 3.63) is 0 Å². The molecule has 0 aromatic heterocycles. The summed E-state index contributed by atoms with van der Waals surface area (Å²) in [5.41, 5.74) is -1.18. The summed E-state index contributed by atoms with van der Waals surface area (Å²) >= 11 is 0. The molecule has 0 saturated carbocycles. The average molecular weight is 192 g/mol. The fraction of sp³-hybridized carbons (Fsp3) is 0.727. The highest BCUT2D eigenvalue weighted by molar-refractivity contribution is 5.09. The molecule has 1 N–H and O–H groups in total. The summed E-state index contributed by atoms with van der Waals surface area (Å²) in [4.78, 5) is 2.12. The van der Waals surface area contributed by atoms with Crippen LogP contribution in [0.1, 0.15) is 20.3 Å². The summed E-state index contributed by atoms with van der Waals surface area (Å²) in [6.07, 6.45) is 5.73. The molecule has 3 heteroatoms. The predicted molar refractivity (Wildman–Crippen MR) is 54.2 cm³/mol. The van der Waals surface area contributed by atoms with Gasteiger partial charge in [0.05, 0.1) is 12.6 Å². The van der Waals surface area contributed by atoms with E-state index in [1.54, 1.807) is 0 Å². The van der Waals surface area contributed by atoms with Gasteiger partial charge in [0, 0.05) is 24.9 Å². The maximum absolute atomic E-state index is 9.97. The van der Waals surface area contributed by atoms with Crippen molar-refractivity contribution in [3.63, 3.8) is 0 Å². The van der Waals surface area contributed by atoms with Crippen LogP contribution in [0, 0.1) is 29.6 Å². The van der Waals surface area contributed by atoms with Gasteiger partial charge in [-0.3, -0.25) is 4.90 Å². The van der Waals surface area contributed by atoms with Crippen LogP contribution in [0.25, 0.3) is 0 Å². The molecule has 0 spiro atoms. The third-order valence-corrected chi connectivity index (χ3v) is 3.04. The number of nitriles is 1. The zero-order valence-corrected chi connectivity index (χ0v) is 8.70. The highest BCUT2D eigenvalue weighted by Gasteiger charge is 2.42. The predicted octanol–water partition coefficient (Wildman–Crippen LogP) is 0.605. The van der Waals surface area contributed by atoms with E-state index in [0.29, 0.717) is 19.5 Å². The fourth-order valence-corrected chi connectivity index (χ4v) is 1.96. The van der Waals surface area contributed by atoms with E-state index in [0.717, 1.165) is 0 Å². The normalized spacial score (nSPS) is 38.6. The smallest absolute Gasteiger partial charge is 0.156 e. The van der Waals surface area contributed by atoms with Crippen molar-refractivity contribution in [3.8, 4) is 18.4 Å². The molecule has 1 heterocycles. The molecule has 14 heavy (non-hydrogen) atoms. The number of hydrogen-bond acceptors (Lipinski definition) is 3. The zero-order valence-electron chi connectivity index (χ0n) is 8.70. The van der Waals surface area contributed by atoms with E-state index >= 15 is 0 Å². The minimum atomic E-state index is -1.18. The second-order valence-electron chi connectivity index (χ2n) is 4.12. The second-order valence-corrected chi connectivity index (χ2v) is 4.12. The van der Waals surface area contributed by atoms with Crippen LogP contribution in [0.4, 0.5) is 0 Å². The van der Waals surface area contributed by atoms with Gasteiger partial charge in [-0.25, -0.2) is 0 Å². The van der Waals surface area contributed by atoms with Gasteiger partial charge in [-0.15, -0.1) is 6.42 Å². The van der Waals surface area contributed by atoms with E-state index in [4.69, 9.17) is 11.7 Å². The number of terminal acetylenes is 1. The molecule has 0 unspecified atom stereocenters. The maximum Gasteiger partial charge on any atom is 0.156 e. The largest absolute Gasteiger partial charge is 0.375 e. The molecule has 3 atom stereocenters. The first-order chi connectivity index (χ1) is 6.53. The minimum Gasteiger partial charge on any atom is -0.375 e. The van der Waals surface area contributed by atoms with E-state index in [9.17, 15) is 5.11 Å². The molecular formula is C11H16N2O. The minimum absolute atomic E-state index is 0.0444. The Hall–Kier alpha value is -1.03. The number of aliphatic hydroxyl groups is 1. The van der Waals surface area contributed by atoms with Crippen LogP contribution < -0.4 is 0 Å². The summed E-state index contributed by atoms with van der Waals surface area (Å²) in [5.74, 6) is 2.55. The monoisotopic (exact) mass is 192 g/mol. The van der Waals surface area contributed by atoms with Crippen molar-refractivity contribution in [2.75, 3.05) is 13.1 Å². The van der Waals surface area contributed by atoms with Gasteiger partial charge in [0.1, 0.15) is 0 Å². The number of piperidine rings is 1. The summed E-state index contributed by atoms with van der Waals surface area (Å²) in [7, 11) is 0. The topological polar surface area (TPSA) is 47.3 Å². The zero-order chi connectivity index (χ0) is 10.8. The number of likely N-dealkylation sites (tertiary alicyclic amines) is 1. The SMILES string of the molecule is C#CCN1C[C@H](C)[C@](O)(C#N)C[C@H]1C. The van der Waals surface area contributed by atoms with Crippen LogP contribution in [0.2, 0.25) is 0 Å². The van der Waals surface area contributed by atoms with E-state index in [1.165, 1.54) is 0 Å². The van der Waals surface area contributed by atoms with Crippen molar-refractivity contribution in [1.29, 1.82) is 5.26 Å². The molecule has 1 aliphatic heterocycles. The third kappa shape index (κ3) is 1.90. The molecule has 0 amide bonds. The molecule has 3 nitrogen and oxygen atoms in total. The van der Waals surface area contributed by atoms with Gasteiger partial charge < -0.3 is 5.11 Å². The van der Waals surface area contributed by atoms with Gasteiger partial charge in [0.15, 0.2) is 5.60 Å².